The number of para-hydroxylation sites is 1. The topological polar surface area (TPSA) is 9.23 Å². The van der Waals surface area contributed by atoms with E-state index in [1.54, 1.807) is 6.08 Å². The SMILES string of the molecule is C=CC(C)Oc1[c]cccc1. The zero-order valence-electron chi connectivity index (χ0n) is 6.58. The molecule has 1 rings (SSSR count). The maximum Gasteiger partial charge on any atom is 0.128 e. The van der Waals surface area contributed by atoms with E-state index in [2.05, 4.69) is 12.6 Å². The lowest BCUT2D eigenvalue weighted by molar-refractivity contribution is 0.269. The molecular weight excluding hydrogens is 136 g/mol. The molecule has 1 nitrogen and oxygen atoms in total. The number of rotatable bonds is 3. The van der Waals surface area contributed by atoms with Crippen LogP contribution in [0.2, 0.25) is 0 Å². The summed E-state index contributed by atoms with van der Waals surface area (Å²) in [5, 5.41) is 0. The fourth-order valence-corrected chi connectivity index (χ4v) is 0.699. The molecule has 1 radical (unpaired) electrons. The van der Waals surface area contributed by atoms with Crippen molar-refractivity contribution in [3.63, 3.8) is 0 Å². The summed E-state index contributed by atoms with van der Waals surface area (Å²) in [6, 6.07) is 10.5. The van der Waals surface area contributed by atoms with Crippen molar-refractivity contribution in [2.45, 2.75) is 13.0 Å². The van der Waals surface area contributed by atoms with Crippen molar-refractivity contribution >= 4 is 0 Å². The average Bonchev–Trinajstić information content (AvgIpc) is 2.06. The lowest BCUT2D eigenvalue weighted by Crippen LogP contribution is -2.06. The summed E-state index contributed by atoms with van der Waals surface area (Å²) in [7, 11) is 0. The van der Waals surface area contributed by atoms with Gasteiger partial charge in [-0.1, -0.05) is 30.9 Å². The smallest absolute Gasteiger partial charge is 0.128 e. The fourth-order valence-electron chi connectivity index (χ4n) is 0.699. The van der Waals surface area contributed by atoms with Gasteiger partial charge in [0.05, 0.1) is 0 Å². The van der Waals surface area contributed by atoms with Crippen LogP contribution >= 0.6 is 0 Å². The molecule has 1 unspecified atom stereocenters. The zero-order valence-corrected chi connectivity index (χ0v) is 6.58. The van der Waals surface area contributed by atoms with Gasteiger partial charge in [-0.25, -0.2) is 0 Å². The molecule has 1 heteroatoms. The first-order chi connectivity index (χ1) is 5.33. The Hall–Kier alpha value is -1.24. The molecule has 0 amide bonds. The summed E-state index contributed by atoms with van der Waals surface area (Å²) < 4.78 is 5.39. The molecule has 0 aliphatic carbocycles. The van der Waals surface area contributed by atoms with E-state index in [1.165, 1.54) is 0 Å². The third kappa shape index (κ3) is 2.46. The van der Waals surface area contributed by atoms with Crippen molar-refractivity contribution < 1.29 is 4.74 Å². The molecule has 0 saturated heterocycles. The van der Waals surface area contributed by atoms with Crippen molar-refractivity contribution in [2.75, 3.05) is 0 Å². The first-order valence-electron chi connectivity index (χ1n) is 3.59. The molecule has 0 aromatic heterocycles. The van der Waals surface area contributed by atoms with Crippen LogP contribution in [0.3, 0.4) is 0 Å². The highest BCUT2D eigenvalue weighted by atomic mass is 16.5. The van der Waals surface area contributed by atoms with Gasteiger partial charge in [-0.05, 0) is 13.0 Å². The zero-order chi connectivity index (χ0) is 8.10. The van der Waals surface area contributed by atoms with Crippen molar-refractivity contribution in [1.82, 2.24) is 0 Å². The Morgan fingerprint density at radius 1 is 1.64 bits per heavy atom. The van der Waals surface area contributed by atoms with Crippen LogP contribution in [0.15, 0.2) is 36.9 Å². The van der Waals surface area contributed by atoms with Crippen LogP contribution < -0.4 is 4.74 Å². The molecule has 1 aromatic carbocycles. The van der Waals surface area contributed by atoms with E-state index in [0.29, 0.717) is 0 Å². The highest BCUT2D eigenvalue weighted by molar-refractivity contribution is 5.19. The monoisotopic (exact) mass is 147 g/mol. The average molecular weight is 147 g/mol. The molecule has 0 aliphatic rings. The Morgan fingerprint density at radius 2 is 2.45 bits per heavy atom. The van der Waals surface area contributed by atoms with E-state index < -0.39 is 0 Å². The molecule has 0 fully saturated rings. The summed E-state index contributed by atoms with van der Waals surface area (Å²) in [6.45, 7) is 5.56. The highest BCUT2D eigenvalue weighted by Gasteiger charge is 1.95. The predicted octanol–water partition coefficient (Wildman–Crippen LogP) is 2.44. The van der Waals surface area contributed by atoms with Crippen LogP contribution in [0.1, 0.15) is 6.92 Å². The Labute approximate surface area is 67.3 Å². The first-order valence-corrected chi connectivity index (χ1v) is 3.59. The lowest BCUT2D eigenvalue weighted by atomic mass is 10.3. The molecule has 0 saturated carbocycles. The van der Waals surface area contributed by atoms with Crippen LogP contribution in [0.25, 0.3) is 0 Å². The second kappa shape index (κ2) is 3.81. The number of benzene rings is 1. The third-order valence-electron chi connectivity index (χ3n) is 1.33. The largest absolute Gasteiger partial charge is 0.486 e. The van der Waals surface area contributed by atoms with Crippen molar-refractivity contribution in [2.24, 2.45) is 0 Å². The Balaban J connectivity index is 2.57. The summed E-state index contributed by atoms with van der Waals surface area (Å²) in [4.78, 5) is 0. The van der Waals surface area contributed by atoms with E-state index in [4.69, 9.17) is 4.74 Å². The minimum absolute atomic E-state index is 0.0497. The normalized spacial score (nSPS) is 12.1. The second-order valence-corrected chi connectivity index (χ2v) is 2.29. The van der Waals surface area contributed by atoms with Crippen molar-refractivity contribution in [3.8, 4) is 5.75 Å². The lowest BCUT2D eigenvalue weighted by Gasteiger charge is -2.08. The maximum absolute atomic E-state index is 5.39. The van der Waals surface area contributed by atoms with Gasteiger partial charge in [-0.15, -0.1) is 0 Å². The van der Waals surface area contributed by atoms with Crippen LogP contribution in [0.4, 0.5) is 0 Å². The van der Waals surface area contributed by atoms with Gasteiger partial charge in [0.25, 0.3) is 0 Å². The van der Waals surface area contributed by atoms with Crippen molar-refractivity contribution in [3.05, 3.63) is 43.0 Å². The second-order valence-electron chi connectivity index (χ2n) is 2.29. The van der Waals surface area contributed by atoms with Gasteiger partial charge in [0.1, 0.15) is 11.9 Å². The molecule has 0 bridgehead atoms. The van der Waals surface area contributed by atoms with E-state index in [0.717, 1.165) is 5.75 Å². The van der Waals surface area contributed by atoms with Gasteiger partial charge in [0, 0.05) is 6.07 Å². The number of hydrogen-bond donors (Lipinski definition) is 0. The summed E-state index contributed by atoms with van der Waals surface area (Å²) in [5.74, 6) is 0.764. The maximum atomic E-state index is 5.39. The Morgan fingerprint density at radius 3 is 3.00 bits per heavy atom. The summed E-state index contributed by atoms with van der Waals surface area (Å²) in [6.07, 6.45) is 1.80. The number of hydrogen-bond acceptors (Lipinski definition) is 1. The molecule has 11 heavy (non-hydrogen) atoms. The van der Waals surface area contributed by atoms with E-state index in [-0.39, 0.29) is 6.10 Å². The van der Waals surface area contributed by atoms with Crippen molar-refractivity contribution in [1.29, 1.82) is 0 Å². The number of ether oxygens (including phenoxy) is 1. The standard InChI is InChI=1S/C10H11O/c1-3-9(2)11-10-7-5-4-6-8-10/h3-7,9H,1H2,2H3. The van der Waals surface area contributed by atoms with Gasteiger partial charge in [0.2, 0.25) is 0 Å². The van der Waals surface area contributed by atoms with Gasteiger partial charge in [0.15, 0.2) is 0 Å². The first kappa shape index (κ1) is 7.86. The van der Waals surface area contributed by atoms with Crippen LogP contribution in [0.5, 0.6) is 5.75 Å². The highest BCUT2D eigenvalue weighted by Crippen LogP contribution is 2.09. The predicted molar refractivity (Wildman–Crippen MR) is 45.6 cm³/mol. The molecule has 57 valence electrons. The molecule has 0 heterocycles. The fraction of sp³-hybridized carbons (Fsp3) is 0.200. The van der Waals surface area contributed by atoms with Gasteiger partial charge in [-0.3, -0.25) is 0 Å². The third-order valence-corrected chi connectivity index (χ3v) is 1.33. The van der Waals surface area contributed by atoms with Crippen LogP contribution in [-0.2, 0) is 0 Å². The quantitative estimate of drug-likeness (QED) is 0.597. The molecule has 0 spiro atoms. The summed E-state index contributed by atoms with van der Waals surface area (Å²) in [5.41, 5.74) is 0. The Kier molecular flexibility index (Phi) is 2.73. The van der Waals surface area contributed by atoms with E-state index >= 15 is 0 Å². The Bertz CT molecular complexity index is 216. The van der Waals surface area contributed by atoms with Gasteiger partial charge in [-0.2, -0.15) is 0 Å². The van der Waals surface area contributed by atoms with Gasteiger partial charge < -0.3 is 4.74 Å². The summed E-state index contributed by atoms with van der Waals surface area (Å²) >= 11 is 0. The molecule has 0 N–H and O–H groups in total. The van der Waals surface area contributed by atoms with Crippen LogP contribution in [-0.4, -0.2) is 6.10 Å². The molecule has 1 aromatic rings. The van der Waals surface area contributed by atoms with Crippen LogP contribution in [0, 0.1) is 6.07 Å². The molecule has 1 atom stereocenters. The molecular formula is C10H11O. The van der Waals surface area contributed by atoms with E-state index in [9.17, 15) is 0 Å². The minimum Gasteiger partial charge on any atom is -0.486 e. The molecule has 0 aliphatic heterocycles. The van der Waals surface area contributed by atoms with E-state index in [1.807, 2.05) is 31.2 Å². The van der Waals surface area contributed by atoms with Gasteiger partial charge >= 0.3 is 0 Å². The minimum atomic E-state index is 0.0497.